The molecule has 1 aliphatic rings. The lowest BCUT2D eigenvalue weighted by Gasteiger charge is -2.25. The number of fused-ring (bicyclic) bond motifs is 3. The summed E-state index contributed by atoms with van der Waals surface area (Å²) in [5.41, 5.74) is 3.92. The van der Waals surface area contributed by atoms with Crippen molar-refractivity contribution in [1.29, 1.82) is 0 Å². The summed E-state index contributed by atoms with van der Waals surface area (Å²) in [5, 5.41) is 10.2. The van der Waals surface area contributed by atoms with Crippen molar-refractivity contribution in [1.82, 2.24) is 4.98 Å². The van der Waals surface area contributed by atoms with Crippen LogP contribution in [0.2, 0.25) is 0 Å². The molecular formula is C17H17NO4. The molecule has 22 heavy (non-hydrogen) atoms. The number of aliphatic hydroxyl groups excluding tert-OH is 1. The third-order valence-corrected chi connectivity index (χ3v) is 3.63. The Morgan fingerprint density at radius 3 is 2.86 bits per heavy atom. The molecule has 0 aliphatic carbocycles. The van der Waals surface area contributed by atoms with E-state index in [0.717, 1.165) is 11.1 Å². The lowest BCUT2D eigenvalue weighted by molar-refractivity contribution is -0.0217. The topological polar surface area (TPSA) is 68.7 Å². The van der Waals surface area contributed by atoms with Gasteiger partial charge in [0.05, 0.1) is 23.6 Å². The van der Waals surface area contributed by atoms with E-state index in [1.54, 1.807) is 19.9 Å². The highest BCUT2D eigenvalue weighted by atomic mass is 16.6. The number of hydrogen-bond acceptors (Lipinski definition) is 5. The van der Waals surface area contributed by atoms with Crippen LogP contribution in [-0.2, 0) is 4.74 Å². The number of nitrogens with zero attached hydrogens (tertiary/aromatic N) is 1. The minimum atomic E-state index is -1.15. The molecule has 2 heterocycles. The van der Waals surface area contributed by atoms with E-state index in [1.165, 1.54) is 0 Å². The van der Waals surface area contributed by atoms with Crippen LogP contribution in [0, 0.1) is 13.8 Å². The number of aromatic nitrogens is 1. The van der Waals surface area contributed by atoms with Crippen molar-refractivity contribution in [3.63, 3.8) is 0 Å². The second-order valence-electron chi connectivity index (χ2n) is 5.25. The summed E-state index contributed by atoms with van der Waals surface area (Å²) in [6.45, 7) is 5.77. The minimum absolute atomic E-state index is 0.288. The van der Waals surface area contributed by atoms with E-state index in [9.17, 15) is 9.90 Å². The highest BCUT2D eigenvalue weighted by molar-refractivity contribution is 5.91. The van der Waals surface area contributed by atoms with E-state index in [2.05, 4.69) is 4.98 Å². The number of hydrogen-bond donors (Lipinski definition) is 1. The maximum absolute atomic E-state index is 12.0. The molecule has 1 aliphatic heterocycles. The van der Waals surface area contributed by atoms with Crippen molar-refractivity contribution in [3.05, 3.63) is 46.6 Å². The highest BCUT2D eigenvalue weighted by Crippen LogP contribution is 2.41. The number of carbonyl (C=O) groups is 1. The Hall–Kier alpha value is -2.40. The van der Waals surface area contributed by atoms with Gasteiger partial charge < -0.3 is 14.6 Å². The van der Waals surface area contributed by atoms with Gasteiger partial charge in [0.1, 0.15) is 5.75 Å². The van der Waals surface area contributed by atoms with Crippen molar-refractivity contribution >= 4 is 5.97 Å². The fourth-order valence-corrected chi connectivity index (χ4v) is 2.56. The fourth-order valence-electron chi connectivity index (χ4n) is 2.56. The number of carbonyl (C=O) groups excluding carboxylic acids is 1. The molecule has 1 atom stereocenters. The molecule has 0 saturated carbocycles. The molecule has 0 radical (unpaired) electrons. The normalized spacial score (nSPS) is 15.5. The van der Waals surface area contributed by atoms with Crippen LogP contribution in [0.1, 0.15) is 40.4 Å². The Kier molecular flexibility index (Phi) is 3.58. The van der Waals surface area contributed by atoms with Gasteiger partial charge in [0.15, 0.2) is 0 Å². The van der Waals surface area contributed by atoms with Crippen molar-refractivity contribution in [2.24, 2.45) is 0 Å². The Balaban J connectivity index is 2.17. The zero-order valence-corrected chi connectivity index (χ0v) is 12.7. The molecular weight excluding hydrogens is 282 g/mol. The first-order valence-corrected chi connectivity index (χ1v) is 7.15. The first kappa shape index (κ1) is 14.5. The molecule has 0 spiro atoms. The number of aryl methyl sites for hydroxylation is 2. The second kappa shape index (κ2) is 5.42. The van der Waals surface area contributed by atoms with Gasteiger partial charge in [-0.25, -0.2) is 4.79 Å². The standard InChI is InChI=1S/C17H17NO4/c1-4-21-16(19)11-8-13-15(18-10(11)3)12-7-9(2)5-6-14(12)22-17(13)20/h5-8,17,20H,4H2,1-3H3. The average molecular weight is 299 g/mol. The molecule has 1 unspecified atom stereocenters. The van der Waals surface area contributed by atoms with Crippen LogP contribution in [0.4, 0.5) is 0 Å². The summed E-state index contributed by atoms with van der Waals surface area (Å²) in [6, 6.07) is 7.28. The van der Waals surface area contributed by atoms with Crippen LogP contribution < -0.4 is 4.74 Å². The third kappa shape index (κ3) is 2.33. The quantitative estimate of drug-likeness (QED) is 0.863. The van der Waals surface area contributed by atoms with Crippen molar-refractivity contribution < 1.29 is 19.4 Å². The largest absolute Gasteiger partial charge is 0.462 e. The number of ether oxygens (including phenoxy) is 2. The lowest BCUT2D eigenvalue weighted by atomic mass is 9.97. The summed E-state index contributed by atoms with van der Waals surface area (Å²) in [7, 11) is 0. The van der Waals surface area contributed by atoms with Gasteiger partial charge in [-0.3, -0.25) is 4.98 Å². The summed E-state index contributed by atoms with van der Waals surface area (Å²) in [4.78, 5) is 16.5. The first-order chi connectivity index (χ1) is 10.5. The number of esters is 1. The molecule has 5 nitrogen and oxygen atoms in total. The van der Waals surface area contributed by atoms with Crippen LogP contribution in [0.15, 0.2) is 24.3 Å². The fraction of sp³-hybridized carbons (Fsp3) is 0.294. The molecule has 0 bridgehead atoms. The Morgan fingerprint density at radius 1 is 1.36 bits per heavy atom. The Bertz CT molecular complexity index is 755. The number of pyridine rings is 1. The molecule has 0 saturated heterocycles. The molecule has 1 N–H and O–H groups in total. The van der Waals surface area contributed by atoms with E-state index in [-0.39, 0.29) is 6.61 Å². The number of aliphatic hydroxyl groups is 1. The third-order valence-electron chi connectivity index (χ3n) is 3.63. The van der Waals surface area contributed by atoms with Crippen LogP contribution in [0.3, 0.4) is 0 Å². The van der Waals surface area contributed by atoms with Gasteiger partial charge in [-0.15, -0.1) is 0 Å². The van der Waals surface area contributed by atoms with Crippen LogP contribution in [-0.4, -0.2) is 22.7 Å². The monoisotopic (exact) mass is 299 g/mol. The summed E-state index contributed by atoms with van der Waals surface area (Å²) in [5.74, 6) is 0.138. The van der Waals surface area contributed by atoms with Crippen molar-refractivity contribution in [3.8, 4) is 17.0 Å². The molecule has 114 valence electrons. The van der Waals surface area contributed by atoms with Gasteiger partial charge in [-0.05, 0) is 39.0 Å². The first-order valence-electron chi connectivity index (χ1n) is 7.15. The van der Waals surface area contributed by atoms with Gasteiger partial charge in [0, 0.05) is 11.1 Å². The minimum Gasteiger partial charge on any atom is -0.462 e. The lowest BCUT2D eigenvalue weighted by Crippen LogP contribution is -2.18. The maximum atomic E-state index is 12.0. The molecule has 1 aromatic carbocycles. The van der Waals surface area contributed by atoms with E-state index in [1.807, 2.05) is 25.1 Å². The molecule has 3 rings (SSSR count). The van der Waals surface area contributed by atoms with Gasteiger partial charge >= 0.3 is 5.97 Å². The molecule has 0 fully saturated rings. The molecule has 5 heteroatoms. The van der Waals surface area contributed by atoms with Crippen LogP contribution in [0.5, 0.6) is 5.75 Å². The van der Waals surface area contributed by atoms with Crippen molar-refractivity contribution in [2.75, 3.05) is 6.61 Å². The second-order valence-corrected chi connectivity index (χ2v) is 5.25. The van der Waals surface area contributed by atoms with E-state index in [0.29, 0.717) is 28.3 Å². The van der Waals surface area contributed by atoms with Gasteiger partial charge in [0.2, 0.25) is 6.29 Å². The number of rotatable bonds is 2. The van der Waals surface area contributed by atoms with E-state index < -0.39 is 12.3 Å². The van der Waals surface area contributed by atoms with Gasteiger partial charge in [-0.1, -0.05) is 11.6 Å². The van der Waals surface area contributed by atoms with Gasteiger partial charge in [0.25, 0.3) is 0 Å². The van der Waals surface area contributed by atoms with E-state index in [4.69, 9.17) is 9.47 Å². The summed E-state index contributed by atoms with van der Waals surface area (Å²) in [6.07, 6.45) is -1.15. The van der Waals surface area contributed by atoms with Crippen LogP contribution in [0.25, 0.3) is 11.3 Å². The van der Waals surface area contributed by atoms with E-state index >= 15 is 0 Å². The van der Waals surface area contributed by atoms with Crippen molar-refractivity contribution in [2.45, 2.75) is 27.1 Å². The zero-order valence-electron chi connectivity index (χ0n) is 12.7. The highest BCUT2D eigenvalue weighted by Gasteiger charge is 2.28. The smallest absolute Gasteiger partial charge is 0.339 e. The molecule has 0 amide bonds. The Labute approximate surface area is 128 Å². The zero-order chi connectivity index (χ0) is 15.9. The Morgan fingerprint density at radius 2 is 2.14 bits per heavy atom. The predicted molar refractivity (Wildman–Crippen MR) is 80.7 cm³/mol. The SMILES string of the molecule is CCOC(=O)c1cc2c(nc1C)-c1cc(C)ccc1OC2O. The number of benzene rings is 1. The average Bonchev–Trinajstić information content (AvgIpc) is 2.48. The maximum Gasteiger partial charge on any atom is 0.339 e. The van der Waals surface area contributed by atoms with Gasteiger partial charge in [-0.2, -0.15) is 0 Å². The molecule has 2 aromatic rings. The van der Waals surface area contributed by atoms with Crippen LogP contribution >= 0.6 is 0 Å². The molecule has 1 aromatic heterocycles. The summed E-state index contributed by atoms with van der Waals surface area (Å²) < 4.78 is 10.5. The predicted octanol–water partition coefficient (Wildman–Crippen LogP) is 2.93. The summed E-state index contributed by atoms with van der Waals surface area (Å²) >= 11 is 0.